The zero-order chi connectivity index (χ0) is 9.80. The lowest BCUT2D eigenvalue weighted by molar-refractivity contribution is 0.132. The molecule has 0 unspecified atom stereocenters. The van der Waals surface area contributed by atoms with Gasteiger partial charge in [0.25, 0.3) is 0 Å². The van der Waals surface area contributed by atoms with Crippen LogP contribution in [0.2, 0.25) is 0 Å². The number of fused-ring (bicyclic) bond motifs is 1. The van der Waals surface area contributed by atoms with Crippen LogP contribution in [0.5, 0.6) is 0 Å². The summed E-state index contributed by atoms with van der Waals surface area (Å²) < 4.78 is 0. The van der Waals surface area contributed by atoms with Crippen molar-refractivity contribution >= 4 is 16.9 Å². The number of nitrogens with one attached hydrogen (secondary N) is 2. The highest BCUT2D eigenvalue weighted by Gasteiger charge is 2.04. The number of aliphatic hydroxyl groups is 1. The fourth-order valence-corrected chi connectivity index (χ4v) is 1.09. The standard InChI is InChI=1S/C8H10N4O2/c13-4-5-14-12-8-7-6(10-11-8)2-1-3-9-7/h1-3,13H,4-5H2,(H2,10,11,12). The number of aromatic nitrogens is 3. The maximum atomic E-state index is 8.50. The maximum Gasteiger partial charge on any atom is 0.198 e. The summed E-state index contributed by atoms with van der Waals surface area (Å²) in [5.74, 6) is 0.522. The smallest absolute Gasteiger partial charge is 0.198 e. The Labute approximate surface area is 79.9 Å². The first-order valence-electron chi connectivity index (χ1n) is 4.19. The van der Waals surface area contributed by atoms with Gasteiger partial charge in [0.1, 0.15) is 5.52 Å². The van der Waals surface area contributed by atoms with Gasteiger partial charge in [-0.2, -0.15) is 5.10 Å². The van der Waals surface area contributed by atoms with E-state index < -0.39 is 0 Å². The second-order valence-corrected chi connectivity index (χ2v) is 2.65. The van der Waals surface area contributed by atoms with Crippen molar-refractivity contribution in [3.63, 3.8) is 0 Å². The molecule has 6 heteroatoms. The molecular weight excluding hydrogens is 184 g/mol. The van der Waals surface area contributed by atoms with Crippen LogP contribution >= 0.6 is 0 Å². The minimum atomic E-state index is -0.0389. The summed E-state index contributed by atoms with van der Waals surface area (Å²) in [6.45, 7) is 0.171. The largest absolute Gasteiger partial charge is 0.394 e. The van der Waals surface area contributed by atoms with Crippen LogP contribution in [0.3, 0.4) is 0 Å². The van der Waals surface area contributed by atoms with Gasteiger partial charge in [-0.3, -0.25) is 14.9 Å². The SMILES string of the molecule is OCCONc1n[nH]c2cccnc12. The van der Waals surface area contributed by atoms with Gasteiger partial charge >= 0.3 is 0 Å². The maximum absolute atomic E-state index is 8.50. The molecule has 0 atom stereocenters. The van der Waals surface area contributed by atoms with Gasteiger partial charge < -0.3 is 5.11 Å². The molecule has 0 saturated carbocycles. The molecule has 6 nitrogen and oxygen atoms in total. The summed E-state index contributed by atoms with van der Waals surface area (Å²) in [5, 5.41) is 15.3. The first-order chi connectivity index (χ1) is 6.92. The van der Waals surface area contributed by atoms with Gasteiger partial charge in [0.2, 0.25) is 0 Å². The zero-order valence-corrected chi connectivity index (χ0v) is 7.40. The minimum absolute atomic E-state index is 0.0389. The normalized spacial score (nSPS) is 10.6. The number of anilines is 1. The van der Waals surface area contributed by atoms with Crippen molar-refractivity contribution in [2.75, 3.05) is 18.7 Å². The Kier molecular flexibility index (Phi) is 2.57. The predicted octanol–water partition coefficient (Wildman–Crippen LogP) is 0.294. The molecule has 0 aliphatic rings. The second kappa shape index (κ2) is 4.03. The molecule has 0 saturated heterocycles. The molecule has 14 heavy (non-hydrogen) atoms. The fraction of sp³-hybridized carbons (Fsp3) is 0.250. The molecule has 3 N–H and O–H groups in total. The fourth-order valence-electron chi connectivity index (χ4n) is 1.09. The third-order valence-electron chi connectivity index (χ3n) is 1.68. The highest BCUT2D eigenvalue weighted by Crippen LogP contribution is 2.16. The first kappa shape index (κ1) is 8.92. The van der Waals surface area contributed by atoms with Crippen molar-refractivity contribution in [3.8, 4) is 0 Å². The molecule has 0 aliphatic heterocycles. The molecule has 0 fully saturated rings. The molecule has 0 bridgehead atoms. The van der Waals surface area contributed by atoms with Crippen LogP contribution in [0, 0.1) is 0 Å². The van der Waals surface area contributed by atoms with E-state index in [1.165, 1.54) is 0 Å². The molecule has 0 amide bonds. The average Bonchev–Trinajstić information content (AvgIpc) is 2.63. The highest BCUT2D eigenvalue weighted by atomic mass is 16.6. The summed E-state index contributed by atoms with van der Waals surface area (Å²) >= 11 is 0. The van der Waals surface area contributed by atoms with Crippen LogP contribution in [0.15, 0.2) is 18.3 Å². The van der Waals surface area contributed by atoms with Crippen LogP contribution in [-0.4, -0.2) is 33.5 Å². The Balaban J connectivity index is 2.17. The Morgan fingerprint density at radius 2 is 2.50 bits per heavy atom. The number of nitrogens with zero attached hydrogens (tertiary/aromatic N) is 2. The van der Waals surface area contributed by atoms with Crippen molar-refractivity contribution in [2.24, 2.45) is 0 Å². The molecule has 2 heterocycles. The molecule has 2 rings (SSSR count). The van der Waals surface area contributed by atoms with Crippen LogP contribution in [-0.2, 0) is 4.84 Å². The zero-order valence-electron chi connectivity index (χ0n) is 7.40. The van der Waals surface area contributed by atoms with Crippen molar-refractivity contribution < 1.29 is 9.94 Å². The van der Waals surface area contributed by atoms with Crippen molar-refractivity contribution in [3.05, 3.63) is 18.3 Å². The molecule has 2 aromatic heterocycles. The van der Waals surface area contributed by atoms with Crippen LogP contribution in [0.4, 0.5) is 5.82 Å². The molecule has 0 aliphatic carbocycles. The predicted molar refractivity (Wildman–Crippen MR) is 50.5 cm³/mol. The average molecular weight is 194 g/mol. The lowest BCUT2D eigenvalue weighted by atomic mass is 10.4. The number of rotatable bonds is 4. The van der Waals surface area contributed by atoms with Crippen molar-refractivity contribution in [1.82, 2.24) is 15.2 Å². The van der Waals surface area contributed by atoms with Gasteiger partial charge in [-0.1, -0.05) is 0 Å². The Morgan fingerprint density at radius 1 is 1.57 bits per heavy atom. The Hall–Kier alpha value is -1.66. The van der Waals surface area contributed by atoms with E-state index in [9.17, 15) is 0 Å². The van der Waals surface area contributed by atoms with Gasteiger partial charge in [0.05, 0.1) is 18.7 Å². The highest BCUT2D eigenvalue weighted by molar-refractivity contribution is 5.84. The first-order valence-corrected chi connectivity index (χ1v) is 4.19. The van der Waals surface area contributed by atoms with Gasteiger partial charge in [-0.25, -0.2) is 5.48 Å². The van der Waals surface area contributed by atoms with Crippen molar-refractivity contribution in [1.29, 1.82) is 0 Å². The Morgan fingerprint density at radius 3 is 3.36 bits per heavy atom. The van der Waals surface area contributed by atoms with Crippen LogP contribution in [0.25, 0.3) is 11.0 Å². The van der Waals surface area contributed by atoms with E-state index in [1.54, 1.807) is 6.20 Å². The summed E-state index contributed by atoms with van der Waals surface area (Å²) in [5.41, 5.74) is 4.15. The number of aromatic amines is 1. The molecule has 0 radical (unpaired) electrons. The number of hydrogen-bond donors (Lipinski definition) is 3. The molecular formula is C8H10N4O2. The van der Waals surface area contributed by atoms with E-state index in [2.05, 4.69) is 20.7 Å². The Bertz CT molecular complexity index is 414. The topological polar surface area (TPSA) is 83.1 Å². The summed E-state index contributed by atoms with van der Waals surface area (Å²) in [6.07, 6.45) is 1.68. The lowest BCUT2D eigenvalue weighted by Gasteiger charge is -2.00. The summed E-state index contributed by atoms with van der Waals surface area (Å²) in [6, 6.07) is 3.69. The van der Waals surface area contributed by atoms with Gasteiger partial charge in [0.15, 0.2) is 5.82 Å². The van der Waals surface area contributed by atoms with Gasteiger partial charge in [-0.05, 0) is 12.1 Å². The second-order valence-electron chi connectivity index (χ2n) is 2.65. The van der Waals surface area contributed by atoms with Gasteiger partial charge in [0, 0.05) is 6.20 Å². The monoisotopic (exact) mass is 194 g/mol. The quantitative estimate of drug-likeness (QED) is 0.481. The van der Waals surface area contributed by atoms with E-state index in [0.29, 0.717) is 11.3 Å². The molecule has 0 spiro atoms. The van der Waals surface area contributed by atoms with Crippen LogP contribution in [0.1, 0.15) is 0 Å². The number of H-pyrrole nitrogens is 1. The summed E-state index contributed by atoms with van der Waals surface area (Å²) in [4.78, 5) is 9.03. The van der Waals surface area contributed by atoms with E-state index in [1.807, 2.05) is 12.1 Å². The van der Waals surface area contributed by atoms with E-state index in [-0.39, 0.29) is 13.2 Å². The lowest BCUT2D eigenvalue weighted by Crippen LogP contribution is -2.06. The third kappa shape index (κ3) is 1.66. The number of hydrogen-bond acceptors (Lipinski definition) is 5. The van der Waals surface area contributed by atoms with E-state index >= 15 is 0 Å². The van der Waals surface area contributed by atoms with Gasteiger partial charge in [-0.15, -0.1) is 0 Å². The molecule has 74 valence electrons. The minimum Gasteiger partial charge on any atom is -0.394 e. The van der Waals surface area contributed by atoms with Crippen molar-refractivity contribution in [2.45, 2.75) is 0 Å². The molecule has 0 aromatic carbocycles. The third-order valence-corrected chi connectivity index (χ3v) is 1.68. The van der Waals surface area contributed by atoms with E-state index in [4.69, 9.17) is 9.94 Å². The number of pyridine rings is 1. The number of aliphatic hydroxyl groups excluding tert-OH is 1. The summed E-state index contributed by atoms with van der Waals surface area (Å²) in [7, 11) is 0. The molecule has 2 aromatic rings. The van der Waals surface area contributed by atoms with Crippen LogP contribution < -0.4 is 5.48 Å². The van der Waals surface area contributed by atoms with E-state index in [0.717, 1.165) is 5.52 Å².